The summed E-state index contributed by atoms with van der Waals surface area (Å²) >= 11 is 1.57. The number of pyridine rings is 2. The van der Waals surface area contributed by atoms with Crippen LogP contribution in [0.5, 0.6) is 0 Å². The van der Waals surface area contributed by atoms with E-state index >= 15 is 0 Å². The van der Waals surface area contributed by atoms with Crippen molar-refractivity contribution in [2.24, 2.45) is 0 Å². The molecule has 0 aromatic carbocycles. The van der Waals surface area contributed by atoms with E-state index in [-0.39, 0.29) is 11.8 Å². The molecule has 0 fully saturated rings. The van der Waals surface area contributed by atoms with Crippen molar-refractivity contribution in [3.05, 3.63) is 47.8 Å². The van der Waals surface area contributed by atoms with Gasteiger partial charge in [0.05, 0.1) is 0 Å². The minimum absolute atomic E-state index is 0.0704. The number of hydrogen-bond donors (Lipinski definition) is 2. The lowest BCUT2D eigenvalue weighted by atomic mass is 10.3. The summed E-state index contributed by atoms with van der Waals surface area (Å²) in [7, 11) is 0. The Kier molecular flexibility index (Phi) is 7.40. The standard InChI is InChI=1S/C18H22N4O2S/c1-13-5-3-7-15(19-13)21-17(23)9-11-25-12-10-18(24)22-16-8-4-6-14(2)20-16/h3-8H,9-12H2,1-2H3,(H,19,21,23)(H,20,22,24). The molecule has 0 aliphatic carbocycles. The first-order valence-electron chi connectivity index (χ1n) is 8.08. The van der Waals surface area contributed by atoms with Gasteiger partial charge in [0.1, 0.15) is 11.6 Å². The third-order valence-corrected chi connectivity index (χ3v) is 4.24. The molecule has 0 unspecified atom stereocenters. The van der Waals surface area contributed by atoms with Crippen LogP contribution in [0, 0.1) is 13.8 Å². The van der Waals surface area contributed by atoms with Gasteiger partial charge in [0.15, 0.2) is 0 Å². The molecule has 25 heavy (non-hydrogen) atoms. The Bertz CT molecular complexity index is 675. The zero-order chi connectivity index (χ0) is 18.1. The van der Waals surface area contributed by atoms with E-state index in [0.29, 0.717) is 36.0 Å². The number of rotatable bonds is 8. The van der Waals surface area contributed by atoms with Gasteiger partial charge in [0.25, 0.3) is 0 Å². The molecule has 132 valence electrons. The molecule has 2 amide bonds. The number of nitrogens with one attached hydrogen (secondary N) is 2. The minimum Gasteiger partial charge on any atom is -0.311 e. The Labute approximate surface area is 151 Å². The van der Waals surface area contributed by atoms with Crippen molar-refractivity contribution in [2.45, 2.75) is 26.7 Å². The SMILES string of the molecule is Cc1cccc(NC(=O)CCSCCC(=O)Nc2cccc(C)n2)n1. The summed E-state index contributed by atoms with van der Waals surface area (Å²) in [5.74, 6) is 2.32. The highest BCUT2D eigenvalue weighted by molar-refractivity contribution is 7.99. The molecular weight excluding hydrogens is 336 g/mol. The summed E-state index contributed by atoms with van der Waals surface area (Å²) in [5, 5.41) is 5.54. The molecule has 0 bridgehead atoms. The fraction of sp³-hybridized carbons (Fsp3) is 0.333. The van der Waals surface area contributed by atoms with Gasteiger partial charge in [-0.1, -0.05) is 12.1 Å². The number of amides is 2. The van der Waals surface area contributed by atoms with Crippen molar-refractivity contribution >= 4 is 35.2 Å². The number of hydrogen-bond acceptors (Lipinski definition) is 5. The van der Waals surface area contributed by atoms with E-state index in [1.165, 1.54) is 0 Å². The van der Waals surface area contributed by atoms with Crippen LogP contribution in [-0.2, 0) is 9.59 Å². The first kappa shape index (κ1) is 18.9. The summed E-state index contributed by atoms with van der Waals surface area (Å²) in [6.07, 6.45) is 0.780. The molecule has 7 heteroatoms. The van der Waals surface area contributed by atoms with Gasteiger partial charge >= 0.3 is 0 Å². The maximum absolute atomic E-state index is 11.8. The van der Waals surface area contributed by atoms with Crippen LogP contribution < -0.4 is 10.6 Å². The number of nitrogens with zero attached hydrogens (tertiary/aromatic N) is 2. The summed E-state index contributed by atoms with van der Waals surface area (Å²) in [5.41, 5.74) is 1.72. The van der Waals surface area contributed by atoms with Crippen LogP contribution in [0.2, 0.25) is 0 Å². The number of anilines is 2. The molecule has 0 aliphatic rings. The molecule has 2 heterocycles. The Hall–Kier alpha value is -2.41. The van der Waals surface area contributed by atoms with Gasteiger partial charge in [0.2, 0.25) is 11.8 Å². The quantitative estimate of drug-likeness (QED) is 0.708. The molecular formula is C18H22N4O2S. The third kappa shape index (κ3) is 7.34. The summed E-state index contributed by atoms with van der Waals surface area (Å²) in [4.78, 5) is 32.1. The highest BCUT2D eigenvalue weighted by Crippen LogP contribution is 2.09. The van der Waals surface area contributed by atoms with Gasteiger partial charge in [-0.25, -0.2) is 9.97 Å². The second-order valence-corrected chi connectivity index (χ2v) is 6.76. The topological polar surface area (TPSA) is 84.0 Å². The third-order valence-electron chi connectivity index (χ3n) is 3.26. The van der Waals surface area contributed by atoms with Crippen LogP contribution in [0.1, 0.15) is 24.2 Å². The Morgan fingerprint density at radius 2 is 1.28 bits per heavy atom. The number of aromatic nitrogens is 2. The lowest BCUT2D eigenvalue weighted by molar-refractivity contribution is -0.116. The molecule has 2 aromatic rings. The molecule has 0 saturated carbocycles. The van der Waals surface area contributed by atoms with Gasteiger partial charge in [-0.2, -0.15) is 11.8 Å². The maximum Gasteiger partial charge on any atom is 0.226 e. The molecule has 2 N–H and O–H groups in total. The van der Waals surface area contributed by atoms with Crippen molar-refractivity contribution in [3.63, 3.8) is 0 Å². The van der Waals surface area contributed by atoms with E-state index in [4.69, 9.17) is 0 Å². The highest BCUT2D eigenvalue weighted by atomic mass is 32.2. The molecule has 0 radical (unpaired) electrons. The Morgan fingerprint density at radius 1 is 0.840 bits per heavy atom. The summed E-state index contributed by atoms with van der Waals surface area (Å²) in [6.45, 7) is 3.76. The van der Waals surface area contributed by atoms with E-state index < -0.39 is 0 Å². The van der Waals surface area contributed by atoms with Crippen molar-refractivity contribution in [3.8, 4) is 0 Å². The van der Waals surface area contributed by atoms with E-state index in [9.17, 15) is 9.59 Å². The molecule has 0 aliphatic heterocycles. The van der Waals surface area contributed by atoms with Crippen LogP contribution in [0.25, 0.3) is 0 Å². The first-order valence-corrected chi connectivity index (χ1v) is 9.23. The van der Waals surface area contributed by atoms with Crippen LogP contribution in [0.15, 0.2) is 36.4 Å². The average Bonchev–Trinajstić information content (AvgIpc) is 2.54. The van der Waals surface area contributed by atoms with Gasteiger partial charge in [-0.05, 0) is 38.1 Å². The van der Waals surface area contributed by atoms with E-state index in [1.807, 2.05) is 38.1 Å². The largest absolute Gasteiger partial charge is 0.311 e. The average molecular weight is 358 g/mol. The van der Waals surface area contributed by atoms with E-state index in [2.05, 4.69) is 20.6 Å². The van der Waals surface area contributed by atoms with Crippen molar-refractivity contribution in [1.29, 1.82) is 0 Å². The fourth-order valence-electron chi connectivity index (χ4n) is 2.07. The highest BCUT2D eigenvalue weighted by Gasteiger charge is 2.06. The van der Waals surface area contributed by atoms with Gasteiger partial charge in [0, 0.05) is 35.7 Å². The van der Waals surface area contributed by atoms with Gasteiger partial charge in [-0.3, -0.25) is 9.59 Å². The van der Waals surface area contributed by atoms with Gasteiger partial charge < -0.3 is 10.6 Å². The number of aryl methyl sites for hydroxylation is 2. The first-order chi connectivity index (χ1) is 12.0. The monoisotopic (exact) mass is 358 g/mol. The summed E-state index contributed by atoms with van der Waals surface area (Å²) in [6, 6.07) is 11.0. The van der Waals surface area contributed by atoms with E-state index in [1.54, 1.807) is 23.9 Å². The zero-order valence-corrected chi connectivity index (χ0v) is 15.2. The predicted octanol–water partition coefficient (Wildman–Crippen LogP) is 3.18. The Morgan fingerprint density at radius 3 is 1.68 bits per heavy atom. The van der Waals surface area contributed by atoms with E-state index in [0.717, 1.165) is 11.4 Å². The van der Waals surface area contributed by atoms with Crippen LogP contribution in [0.3, 0.4) is 0 Å². The Balaban J connectivity index is 1.59. The smallest absolute Gasteiger partial charge is 0.226 e. The van der Waals surface area contributed by atoms with Crippen molar-refractivity contribution < 1.29 is 9.59 Å². The molecule has 0 atom stereocenters. The fourth-order valence-corrected chi connectivity index (χ4v) is 2.93. The summed E-state index contributed by atoms with van der Waals surface area (Å²) < 4.78 is 0. The second kappa shape index (κ2) is 9.78. The van der Waals surface area contributed by atoms with Crippen LogP contribution in [-0.4, -0.2) is 33.3 Å². The lowest BCUT2D eigenvalue weighted by Gasteiger charge is -2.06. The second-order valence-electron chi connectivity index (χ2n) is 5.54. The van der Waals surface area contributed by atoms with Gasteiger partial charge in [-0.15, -0.1) is 0 Å². The molecule has 0 spiro atoms. The lowest BCUT2D eigenvalue weighted by Crippen LogP contribution is -2.15. The molecule has 2 rings (SSSR count). The van der Waals surface area contributed by atoms with Crippen LogP contribution >= 0.6 is 11.8 Å². The number of thioether (sulfide) groups is 1. The normalized spacial score (nSPS) is 10.3. The molecule has 2 aromatic heterocycles. The predicted molar refractivity (Wildman–Crippen MR) is 102 cm³/mol. The minimum atomic E-state index is -0.0704. The molecule has 0 saturated heterocycles. The molecule has 6 nitrogen and oxygen atoms in total. The van der Waals surface area contributed by atoms with Crippen molar-refractivity contribution in [2.75, 3.05) is 22.1 Å². The number of carbonyl (C=O) groups is 2. The number of carbonyl (C=O) groups excluding carboxylic acids is 2. The van der Waals surface area contributed by atoms with Crippen molar-refractivity contribution in [1.82, 2.24) is 9.97 Å². The zero-order valence-electron chi connectivity index (χ0n) is 14.4. The maximum atomic E-state index is 11.8. The van der Waals surface area contributed by atoms with Crippen LogP contribution in [0.4, 0.5) is 11.6 Å².